The standard InChI is InChI=1S/C17H24N4S.HI/c1-11-6-7-15(12(2)8-11)9-19-17(18-5)20-10-16-21-13(3)14(4)22-16;/h6-8H,9-10H2,1-5H3,(H2,18,19,20);1H. The molecule has 0 saturated heterocycles. The zero-order valence-corrected chi connectivity index (χ0v) is 17.5. The number of aliphatic imine (C=N–C) groups is 1. The Morgan fingerprint density at radius 2 is 1.83 bits per heavy atom. The first kappa shape index (κ1) is 19.9. The lowest BCUT2D eigenvalue weighted by Crippen LogP contribution is -2.36. The summed E-state index contributed by atoms with van der Waals surface area (Å²) in [7, 11) is 1.79. The molecule has 6 heteroatoms. The van der Waals surface area contributed by atoms with Crippen LogP contribution in [0.2, 0.25) is 0 Å². The molecule has 0 bridgehead atoms. The number of aromatic nitrogens is 1. The zero-order valence-electron chi connectivity index (χ0n) is 14.4. The molecule has 0 atom stereocenters. The highest BCUT2D eigenvalue weighted by molar-refractivity contribution is 14.0. The molecule has 2 rings (SSSR count). The summed E-state index contributed by atoms with van der Waals surface area (Å²) in [5.41, 5.74) is 4.99. The van der Waals surface area contributed by atoms with E-state index in [0.717, 1.165) is 23.2 Å². The summed E-state index contributed by atoms with van der Waals surface area (Å²) in [6, 6.07) is 6.51. The van der Waals surface area contributed by atoms with Crippen molar-refractivity contribution >= 4 is 41.3 Å². The van der Waals surface area contributed by atoms with Crippen LogP contribution in [0.4, 0.5) is 0 Å². The molecule has 0 unspecified atom stereocenters. The molecule has 1 heterocycles. The van der Waals surface area contributed by atoms with Crippen LogP contribution >= 0.6 is 35.3 Å². The lowest BCUT2D eigenvalue weighted by molar-refractivity contribution is 0.800. The van der Waals surface area contributed by atoms with E-state index < -0.39 is 0 Å². The van der Waals surface area contributed by atoms with Gasteiger partial charge in [0.1, 0.15) is 5.01 Å². The van der Waals surface area contributed by atoms with E-state index in [1.165, 1.54) is 21.6 Å². The molecular weight excluding hydrogens is 419 g/mol. The lowest BCUT2D eigenvalue weighted by Gasteiger charge is -2.12. The number of guanidine groups is 1. The van der Waals surface area contributed by atoms with Crippen molar-refractivity contribution in [1.29, 1.82) is 0 Å². The molecule has 2 N–H and O–H groups in total. The van der Waals surface area contributed by atoms with E-state index in [1.807, 2.05) is 6.92 Å². The van der Waals surface area contributed by atoms with Gasteiger partial charge in [-0.05, 0) is 38.8 Å². The van der Waals surface area contributed by atoms with E-state index in [9.17, 15) is 0 Å². The van der Waals surface area contributed by atoms with Crippen LogP contribution in [0.5, 0.6) is 0 Å². The van der Waals surface area contributed by atoms with Crippen LogP contribution in [-0.2, 0) is 13.1 Å². The molecular formula is C17H25IN4S. The fourth-order valence-corrected chi connectivity index (χ4v) is 3.09. The summed E-state index contributed by atoms with van der Waals surface area (Å²) in [6.45, 7) is 9.87. The van der Waals surface area contributed by atoms with Crippen molar-refractivity contribution in [2.75, 3.05) is 7.05 Å². The first-order valence-corrected chi connectivity index (χ1v) is 8.25. The average Bonchev–Trinajstić information content (AvgIpc) is 2.79. The second kappa shape index (κ2) is 9.22. The van der Waals surface area contributed by atoms with Crippen molar-refractivity contribution in [3.63, 3.8) is 0 Å². The predicted molar refractivity (Wildman–Crippen MR) is 110 cm³/mol. The molecule has 1 aromatic carbocycles. The first-order valence-electron chi connectivity index (χ1n) is 7.43. The van der Waals surface area contributed by atoms with Crippen molar-refractivity contribution in [3.05, 3.63) is 50.5 Å². The van der Waals surface area contributed by atoms with Crippen molar-refractivity contribution in [1.82, 2.24) is 15.6 Å². The number of nitrogens with zero attached hydrogens (tertiary/aromatic N) is 2. The minimum atomic E-state index is 0. The summed E-state index contributed by atoms with van der Waals surface area (Å²) >= 11 is 1.73. The fourth-order valence-electron chi connectivity index (χ4n) is 2.22. The quantitative estimate of drug-likeness (QED) is 0.428. The van der Waals surface area contributed by atoms with E-state index >= 15 is 0 Å². The van der Waals surface area contributed by atoms with Crippen LogP contribution in [0.3, 0.4) is 0 Å². The summed E-state index contributed by atoms with van der Waals surface area (Å²) in [4.78, 5) is 10.1. The Morgan fingerprint density at radius 3 is 2.39 bits per heavy atom. The van der Waals surface area contributed by atoms with Crippen molar-refractivity contribution < 1.29 is 0 Å². The fraction of sp³-hybridized carbons (Fsp3) is 0.412. The molecule has 0 aliphatic heterocycles. The van der Waals surface area contributed by atoms with Crippen molar-refractivity contribution in [2.45, 2.75) is 40.8 Å². The topological polar surface area (TPSA) is 49.3 Å². The second-order valence-corrected chi connectivity index (χ2v) is 6.75. The summed E-state index contributed by atoms with van der Waals surface area (Å²) < 4.78 is 0. The first-order chi connectivity index (χ1) is 10.5. The van der Waals surface area contributed by atoms with Crippen molar-refractivity contribution in [3.8, 4) is 0 Å². The van der Waals surface area contributed by atoms with E-state index in [-0.39, 0.29) is 24.0 Å². The number of thiazole rings is 1. The van der Waals surface area contributed by atoms with Gasteiger partial charge in [-0.3, -0.25) is 4.99 Å². The van der Waals surface area contributed by atoms with Gasteiger partial charge < -0.3 is 10.6 Å². The molecule has 1 aromatic heterocycles. The van der Waals surface area contributed by atoms with E-state index in [4.69, 9.17) is 0 Å². The number of benzene rings is 1. The average molecular weight is 444 g/mol. The maximum Gasteiger partial charge on any atom is 0.191 e. The van der Waals surface area contributed by atoms with Gasteiger partial charge in [-0.15, -0.1) is 35.3 Å². The predicted octanol–water partition coefficient (Wildman–Crippen LogP) is 3.86. The van der Waals surface area contributed by atoms with Gasteiger partial charge in [0.25, 0.3) is 0 Å². The Labute approximate surface area is 159 Å². The van der Waals surface area contributed by atoms with Gasteiger partial charge in [-0.25, -0.2) is 4.98 Å². The molecule has 23 heavy (non-hydrogen) atoms. The highest BCUT2D eigenvalue weighted by Crippen LogP contribution is 2.16. The van der Waals surface area contributed by atoms with Gasteiger partial charge in [-0.1, -0.05) is 23.8 Å². The minimum absolute atomic E-state index is 0. The van der Waals surface area contributed by atoms with Crippen molar-refractivity contribution in [2.24, 2.45) is 4.99 Å². The third kappa shape index (κ3) is 5.76. The Balaban J connectivity index is 0.00000264. The Morgan fingerprint density at radius 1 is 1.13 bits per heavy atom. The van der Waals surface area contributed by atoms with E-state index in [2.05, 4.69) is 59.6 Å². The third-order valence-electron chi connectivity index (χ3n) is 3.65. The van der Waals surface area contributed by atoms with Gasteiger partial charge in [0.05, 0.1) is 12.2 Å². The van der Waals surface area contributed by atoms with E-state index in [1.54, 1.807) is 18.4 Å². The van der Waals surface area contributed by atoms with Gasteiger partial charge in [0.2, 0.25) is 0 Å². The molecule has 0 aliphatic carbocycles. The number of aryl methyl sites for hydroxylation is 4. The second-order valence-electron chi connectivity index (χ2n) is 5.46. The highest BCUT2D eigenvalue weighted by Gasteiger charge is 2.05. The zero-order chi connectivity index (χ0) is 16.1. The molecule has 0 fully saturated rings. The van der Waals surface area contributed by atoms with Gasteiger partial charge in [0, 0.05) is 18.5 Å². The number of hydrogen-bond acceptors (Lipinski definition) is 3. The third-order valence-corrected chi connectivity index (χ3v) is 4.72. The van der Waals surface area contributed by atoms with Gasteiger partial charge in [0.15, 0.2) is 5.96 Å². The van der Waals surface area contributed by atoms with Gasteiger partial charge >= 0.3 is 0 Å². The monoisotopic (exact) mass is 444 g/mol. The molecule has 0 radical (unpaired) electrons. The molecule has 0 aliphatic rings. The van der Waals surface area contributed by atoms with Crippen LogP contribution in [0.1, 0.15) is 32.3 Å². The molecule has 2 aromatic rings. The smallest absolute Gasteiger partial charge is 0.191 e. The maximum absolute atomic E-state index is 4.53. The van der Waals surface area contributed by atoms with Crippen LogP contribution < -0.4 is 10.6 Å². The highest BCUT2D eigenvalue weighted by atomic mass is 127. The molecule has 0 spiro atoms. The van der Waals surface area contributed by atoms with Crippen LogP contribution in [0.25, 0.3) is 0 Å². The molecule has 126 valence electrons. The SMILES string of the molecule is CN=C(NCc1nc(C)c(C)s1)NCc1ccc(C)cc1C.I. The summed E-state index contributed by atoms with van der Waals surface area (Å²) in [5, 5.41) is 7.76. The van der Waals surface area contributed by atoms with Gasteiger partial charge in [-0.2, -0.15) is 0 Å². The minimum Gasteiger partial charge on any atom is -0.352 e. The molecule has 0 saturated carbocycles. The van der Waals surface area contributed by atoms with Crippen LogP contribution in [0, 0.1) is 27.7 Å². The maximum atomic E-state index is 4.53. The molecule has 0 amide bonds. The molecule has 4 nitrogen and oxygen atoms in total. The normalized spacial score (nSPS) is 11.1. The Kier molecular flexibility index (Phi) is 7.98. The Bertz CT molecular complexity index is 660. The number of rotatable bonds is 4. The largest absolute Gasteiger partial charge is 0.352 e. The number of halogens is 1. The number of nitrogens with one attached hydrogen (secondary N) is 2. The van der Waals surface area contributed by atoms with Crippen LogP contribution in [0.15, 0.2) is 23.2 Å². The summed E-state index contributed by atoms with van der Waals surface area (Å²) in [5.74, 6) is 0.797. The van der Waals surface area contributed by atoms with E-state index in [0.29, 0.717) is 6.54 Å². The Hall–Kier alpha value is -1.15. The lowest BCUT2D eigenvalue weighted by atomic mass is 10.1. The summed E-state index contributed by atoms with van der Waals surface area (Å²) in [6.07, 6.45) is 0. The van der Waals surface area contributed by atoms with Crippen LogP contribution in [-0.4, -0.2) is 18.0 Å². The number of hydrogen-bond donors (Lipinski definition) is 2.